The van der Waals surface area contributed by atoms with Crippen molar-refractivity contribution in [3.8, 4) is 0 Å². The number of rotatable bonds is 8. The monoisotopic (exact) mass is 187 g/mol. The van der Waals surface area contributed by atoms with E-state index in [1.807, 2.05) is 0 Å². The maximum absolute atomic E-state index is 5.58. The normalized spacial score (nSPS) is 18.9. The van der Waals surface area contributed by atoms with Crippen LogP contribution in [0, 0.1) is 0 Å². The van der Waals surface area contributed by atoms with Crippen LogP contribution in [0.3, 0.4) is 0 Å². The fraction of sp³-hybridized carbons (Fsp3) is 1.00. The van der Waals surface area contributed by atoms with Crippen molar-refractivity contribution in [1.82, 2.24) is 5.32 Å². The summed E-state index contributed by atoms with van der Waals surface area (Å²) < 4.78 is 10.5. The second-order valence-electron chi connectivity index (χ2n) is 3.71. The molecule has 0 aliphatic heterocycles. The highest BCUT2D eigenvalue weighted by Gasteiger charge is 2.20. The van der Waals surface area contributed by atoms with Crippen LogP contribution in [0.5, 0.6) is 0 Å². The van der Waals surface area contributed by atoms with Gasteiger partial charge in [0.15, 0.2) is 0 Å². The fourth-order valence-corrected chi connectivity index (χ4v) is 1.17. The van der Waals surface area contributed by atoms with E-state index < -0.39 is 0 Å². The van der Waals surface area contributed by atoms with Crippen LogP contribution in [0.1, 0.15) is 26.2 Å². The first-order chi connectivity index (χ1) is 6.33. The Morgan fingerprint density at radius 3 is 2.77 bits per heavy atom. The first-order valence-electron chi connectivity index (χ1n) is 5.17. The van der Waals surface area contributed by atoms with E-state index in [-0.39, 0.29) is 0 Å². The zero-order valence-corrected chi connectivity index (χ0v) is 8.71. The second-order valence-corrected chi connectivity index (χ2v) is 3.71. The van der Waals surface area contributed by atoms with Crippen LogP contribution in [-0.4, -0.2) is 39.0 Å². The van der Waals surface area contributed by atoms with Crippen molar-refractivity contribution in [3.05, 3.63) is 0 Å². The van der Waals surface area contributed by atoms with Gasteiger partial charge in [-0.05, 0) is 26.2 Å². The summed E-state index contributed by atoms with van der Waals surface area (Å²) in [4.78, 5) is 0. The van der Waals surface area contributed by atoms with Crippen molar-refractivity contribution < 1.29 is 9.47 Å². The highest BCUT2D eigenvalue weighted by Crippen LogP contribution is 2.18. The number of hydrogen-bond donors (Lipinski definition) is 1. The van der Waals surface area contributed by atoms with Crippen molar-refractivity contribution in [1.29, 1.82) is 0 Å². The molecule has 1 fully saturated rings. The van der Waals surface area contributed by atoms with Crippen molar-refractivity contribution in [2.45, 2.75) is 38.3 Å². The summed E-state index contributed by atoms with van der Waals surface area (Å²) in [5.41, 5.74) is 0. The van der Waals surface area contributed by atoms with Gasteiger partial charge in [0.05, 0.1) is 6.10 Å². The number of ether oxygens (including phenoxy) is 2. The molecule has 0 heterocycles. The van der Waals surface area contributed by atoms with Crippen LogP contribution in [0.15, 0.2) is 0 Å². The molecule has 78 valence electrons. The summed E-state index contributed by atoms with van der Waals surface area (Å²) in [7, 11) is 1.72. The third-order valence-corrected chi connectivity index (χ3v) is 2.17. The predicted molar refractivity (Wildman–Crippen MR) is 52.9 cm³/mol. The SMILES string of the molecule is COCCCOC(C)CNC1CC1. The van der Waals surface area contributed by atoms with E-state index in [2.05, 4.69) is 12.2 Å². The molecule has 0 bridgehead atoms. The van der Waals surface area contributed by atoms with Gasteiger partial charge >= 0.3 is 0 Å². The van der Waals surface area contributed by atoms with E-state index in [0.29, 0.717) is 6.10 Å². The van der Waals surface area contributed by atoms with Crippen molar-refractivity contribution >= 4 is 0 Å². The van der Waals surface area contributed by atoms with Gasteiger partial charge in [0, 0.05) is 32.9 Å². The molecule has 1 N–H and O–H groups in total. The summed E-state index contributed by atoms with van der Waals surface area (Å²) in [5.74, 6) is 0. The molecule has 0 aromatic heterocycles. The molecule has 0 aromatic rings. The molecule has 3 heteroatoms. The molecule has 0 amide bonds. The van der Waals surface area contributed by atoms with Gasteiger partial charge in [-0.1, -0.05) is 0 Å². The van der Waals surface area contributed by atoms with E-state index >= 15 is 0 Å². The van der Waals surface area contributed by atoms with Crippen LogP contribution in [0.25, 0.3) is 0 Å². The third kappa shape index (κ3) is 6.02. The summed E-state index contributed by atoms with van der Waals surface area (Å²) in [6.07, 6.45) is 4.01. The standard InChI is InChI=1S/C10H21NO2/c1-9(8-11-10-4-5-10)13-7-3-6-12-2/h9-11H,3-8H2,1-2H3. The number of methoxy groups -OCH3 is 1. The summed E-state index contributed by atoms with van der Waals surface area (Å²) in [6.45, 7) is 4.70. The molecule has 1 saturated carbocycles. The van der Waals surface area contributed by atoms with Gasteiger partial charge in [-0.2, -0.15) is 0 Å². The molecule has 1 unspecified atom stereocenters. The summed E-state index contributed by atoms with van der Waals surface area (Å²) in [5, 5.41) is 3.44. The quantitative estimate of drug-likeness (QED) is 0.579. The molecule has 0 radical (unpaired) electrons. The van der Waals surface area contributed by atoms with Gasteiger partial charge in [0.2, 0.25) is 0 Å². The molecule has 1 aliphatic carbocycles. The maximum atomic E-state index is 5.58. The van der Waals surface area contributed by atoms with Crippen LogP contribution in [0.4, 0.5) is 0 Å². The van der Waals surface area contributed by atoms with E-state index in [4.69, 9.17) is 9.47 Å². The molecule has 0 saturated heterocycles. The Kier molecular flexibility index (Phi) is 5.35. The minimum atomic E-state index is 0.331. The van der Waals surface area contributed by atoms with E-state index in [9.17, 15) is 0 Å². The van der Waals surface area contributed by atoms with Crippen LogP contribution >= 0.6 is 0 Å². The second kappa shape index (κ2) is 6.35. The van der Waals surface area contributed by atoms with Gasteiger partial charge in [-0.25, -0.2) is 0 Å². The van der Waals surface area contributed by atoms with Gasteiger partial charge in [-0.3, -0.25) is 0 Å². The average Bonchev–Trinajstić information content (AvgIpc) is 2.92. The van der Waals surface area contributed by atoms with Crippen molar-refractivity contribution in [2.24, 2.45) is 0 Å². The maximum Gasteiger partial charge on any atom is 0.0671 e. The van der Waals surface area contributed by atoms with Crippen molar-refractivity contribution in [3.63, 3.8) is 0 Å². The Hall–Kier alpha value is -0.120. The zero-order chi connectivity index (χ0) is 9.52. The Morgan fingerprint density at radius 1 is 1.38 bits per heavy atom. The highest BCUT2D eigenvalue weighted by molar-refractivity contribution is 4.81. The molecule has 3 nitrogen and oxygen atoms in total. The molecule has 1 atom stereocenters. The van der Waals surface area contributed by atoms with E-state index in [0.717, 1.165) is 32.2 Å². The molecular weight excluding hydrogens is 166 g/mol. The molecule has 0 aromatic carbocycles. The van der Waals surface area contributed by atoms with Crippen LogP contribution in [0.2, 0.25) is 0 Å². The number of nitrogens with one attached hydrogen (secondary N) is 1. The molecule has 1 rings (SSSR count). The van der Waals surface area contributed by atoms with Gasteiger partial charge in [-0.15, -0.1) is 0 Å². The third-order valence-electron chi connectivity index (χ3n) is 2.17. The highest BCUT2D eigenvalue weighted by atomic mass is 16.5. The van der Waals surface area contributed by atoms with Gasteiger partial charge in [0.1, 0.15) is 0 Å². The molecule has 0 spiro atoms. The van der Waals surface area contributed by atoms with Crippen LogP contribution < -0.4 is 5.32 Å². The molecular formula is C10H21NO2. The molecule has 1 aliphatic rings. The summed E-state index contributed by atoms with van der Waals surface area (Å²) in [6, 6.07) is 0.782. The van der Waals surface area contributed by atoms with Gasteiger partial charge in [0.25, 0.3) is 0 Å². The Balaban J connectivity index is 1.81. The minimum absolute atomic E-state index is 0.331. The van der Waals surface area contributed by atoms with E-state index in [1.54, 1.807) is 7.11 Å². The predicted octanol–water partition coefficient (Wildman–Crippen LogP) is 1.18. The zero-order valence-electron chi connectivity index (χ0n) is 8.71. The molecule has 13 heavy (non-hydrogen) atoms. The summed E-state index contributed by atoms with van der Waals surface area (Å²) >= 11 is 0. The topological polar surface area (TPSA) is 30.5 Å². The number of hydrogen-bond acceptors (Lipinski definition) is 3. The first-order valence-corrected chi connectivity index (χ1v) is 5.17. The Labute approximate surface area is 80.8 Å². The first kappa shape index (κ1) is 11.0. The van der Waals surface area contributed by atoms with Gasteiger partial charge < -0.3 is 14.8 Å². The average molecular weight is 187 g/mol. The van der Waals surface area contributed by atoms with Crippen LogP contribution in [-0.2, 0) is 9.47 Å². The lowest BCUT2D eigenvalue weighted by Crippen LogP contribution is -2.28. The van der Waals surface area contributed by atoms with E-state index in [1.165, 1.54) is 12.8 Å². The fourth-order valence-electron chi connectivity index (χ4n) is 1.17. The Morgan fingerprint density at radius 2 is 2.15 bits per heavy atom. The Bertz CT molecular complexity index is 126. The lowest BCUT2D eigenvalue weighted by Gasteiger charge is -2.13. The lowest BCUT2D eigenvalue weighted by atomic mass is 10.4. The lowest BCUT2D eigenvalue weighted by molar-refractivity contribution is 0.0503. The van der Waals surface area contributed by atoms with Crippen molar-refractivity contribution in [2.75, 3.05) is 26.9 Å². The smallest absolute Gasteiger partial charge is 0.0671 e. The largest absolute Gasteiger partial charge is 0.385 e. The minimum Gasteiger partial charge on any atom is -0.385 e.